The lowest BCUT2D eigenvalue weighted by Gasteiger charge is -2.02. The number of aryl methyl sites for hydroxylation is 1. The highest BCUT2D eigenvalue weighted by Crippen LogP contribution is 2.29. The summed E-state index contributed by atoms with van der Waals surface area (Å²) in [6.45, 7) is 2.29. The van der Waals surface area contributed by atoms with Gasteiger partial charge in [0.25, 0.3) is 5.56 Å². The van der Waals surface area contributed by atoms with Gasteiger partial charge in [0.2, 0.25) is 0 Å². The summed E-state index contributed by atoms with van der Waals surface area (Å²) in [5.41, 5.74) is 0.159. The molecule has 0 saturated heterocycles. The summed E-state index contributed by atoms with van der Waals surface area (Å²) >= 11 is 0. The molecule has 1 aromatic heterocycles. The molecule has 1 N–H and O–H groups in total. The molecule has 0 aromatic carbocycles. The maximum Gasteiger partial charge on any atom is 0.328 e. The van der Waals surface area contributed by atoms with Gasteiger partial charge >= 0.3 is 5.69 Å². The second-order valence-corrected chi connectivity index (χ2v) is 3.65. The van der Waals surface area contributed by atoms with Crippen molar-refractivity contribution < 1.29 is 0 Å². The molecule has 1 aliphatic rings. The standard InChI is InChI=1S/C9H12N2O2/c1-6-4-8(12)11(9(13)10-6)5-7-2-3-7/h4,7H,2-3,5H2,1H3,(H,10,13). The molecule has 70 valence electrons. The molecule has 1 heterocycles. The molecule has 2 rings (SSSR count). The van der Waals surface area contributed by atoms with Crippen LogP contribution in [0.2, 0.25) is 0 Å². The van der Waals surface area contributed by atoms with Gasteiger partial charge in [-0.3, -0.25) is 9.36 Å². The van der Waals surface area contributed by atoms with Crippen LogP contribution in [-0.4, -0.2) is 9.55 Å². The summed E-state index contributed by atoms with van der Waals surface area (Å²) in [4.78, 5) is 25.3. The maximum atomic E-state index is 11.4. The summed E-state index contributed by atoms with van der Waals surface area (Å²) in [6, 6.07) is 1.46. The zero-order chi connectivity index (χ0) is 9.42. The van der Waals surface area contributed by atoms with Crippen LogP contribution < -0.4 is 11.2 Å². The normalized spacial score (nSPS) is 16.1. The highest BCUT2D eigenvalue weighted by Gasteiger charge is 2.22. The SMILES string of the molecule is Cc1cc(=O)n(CC2CC2)c(=O)[nH]1. The van der Waals surface area contributed by atoms with Crippen LogP contribution in [0.4, 0.5) is 0 Å². The lowest BCUT2D eigenvalue weighted by atomic mass is 10.4. The Morgan fingerprint density at radius 2 is 2.23 bits per heavy atom. The fourth-order valence-electron chi connectivity index (χ4n) is 1.37. The quantitative estimate of drug-likeness (QED) is 0.709. The molecule has 0 atom stereocenters. The molecule has 13 heavy (non-hydrogen) atoms. The Kier molecular flexibility index (Phi) is 1.83. The third-order valence-electron chi connectivity index (χ3n) is 2.29. The van der Waals surface area contributed by atoms with Gasteiger partial charge in [-0.25, -0.2) is 4.79 Å². The van der Waals surface area contributed by atoms with Gasteiger partial charge in [-0.2, -0.15) is 0 Å². The van der Waals surface area contributed by atoms with Gasteiger partial charge in [-0.15, -0.1) is 0 Å². The van der Waals surface area contributed by atoms with Gasteiger partial charge < -0.3 is 4.98 Å². The van der Waals surface area contributed by atoms with E-state index in [2.05, 4.69) is 4.98 Å². The molecule has 4 heteroatoms. The van der Waals surface area contributed by atoms with E-state index < -0.39 is 0 Å². The monoisotopic (exact) mass is 180 g/mol. The van der Waals surface area contributed by atoms with E-state index in [1.165, 1.54) is 10.6 Å². The molecular weight excluding hydrogens is 168 g/mol. The van der Waals surface area contributed by atoms with E-state index >= 15 is 0 Å². The molecule has 0 bridgehead atoms. The molecular formula is C9H12N2O2. The summed E-state index contributed by atoms with van der Waals surface area (Å²) in [5.74, 6) is 0.543. The van der Waals surface area contributed by atoms with E-state index in [1.807, 2.05) is 0 Å². The second-order valence-electron chi connectivity index (χ2n) is 3.65. The molecule has 0 spiro atoms. The summed E-state index contributed by atoms with van der Waals surface area (Å²) in [5, 5.41) is 0. The van der Waals surface area contributed by atoms with Gasteiger partial charge in [0.05, 0.1) is 0 Å². The zero-order valence-electron chi connectivity index (χ0n) is 7.54. The molecule has 0 aliphatic heterocycles. The Bertz CT molecular complexity index is 395. The van der Waals surface area contributed by atoms with E-state index in [0.29, 0.717) is 18.2 Å². The van der Waals surface area contributed by atoms with Gasteiger partial charge in [-0.1, -0.05) is 0 Å². The molecule has 0 radical (unpaired) electrons. The first kappa shape index (κ1) is 8.29. The van der Waals surface area contributed by atoms with Crippen molar-refractivity contribution in [3.8, 4) is 0 Å². The summed E-state index contributed by atoms with van der Waals surface area (Å²) in [7, 11) is 0. The van der Waals surface area contributed by atoms with Crippen molar-refractivity contribution in [3.05, 3.63) is 32.6 Å². The number of nitrogens with zero attached hydrogens (tertiary/aromatic N) is 1. The third kappa shape index (κ3) is 1.71. The predicted octanol–water partition coefficient (Wildman–Crippen LogP) is 0.255. The fraction of sp³-hybridized carbons (Fsp3) is 0.556. The number of hydrogen-bond acceptors (Lipinski definition) is 2. The first-order valence-corrected chi connectivity index (χ1v) is 4.47. The minimum atomic E-state index is -0.281. The van der Waals surface area contributed by atoms with Crippen molar-refractivity contribution in [2.45, 2.75) is 26.3 Å². The van der Waals surface area contributed by atoms with E-state index in [0.717, 1.165) is 12.8 Å². The molecule has 0 amide bonds. The van der Waals surface area contributed by atoms with Crippen LogP contribution in [0.1, 0.15) is 18.5 Å². The number of aromatic amines is 1. The van der Waals surface area contributed by atoms with Gasteiger partial charge in [0.1, 0.15) is 0 Å². The van der Waals surface area contributed by atoms with Crippen LogP contribution in [0, 0.1) is 12.8 Å². The van der Waals surface area contributed by atoms with Crippen LogP contribution in [0.25, 0.3) is 0 Å². The van der Waals surface area contributed by atoms with Gasteiger partial charge in [0, 0.05) is 18.3 Å². The number of rotatable bonds is 2. The molecule has 4 nitrogen and oxygen atoms in total. The Labute approximate surface area is 75.2 Å². The minimum absolute atomic E-state index is 0.187. The molecule has 1 saturated carbocycles. The van der Waals surface area contributed by atoms with Crippen LogP contribution in [-0.2, 0) is 6.54 Å². The summed E-state index contributed by atoms with van der Waals surface area (Å²) in [6.07, 6.45) is 2.28. The fourth-order valence-corrected chi connectivity index (χ4v) is 1.37. The lowest BCUT2D eigenvalue weighted by Crippen LogP contribution is -2.35. The average molecular weight is 180 g/mol. The van der Waals surface area contributed by atoms with Crippen LogP contribution in [0.15, 0.2) is 15.7 Å². The second kappa shape index (κ2) is 2.87. The van der Waals surface area contributed by atoms with Crippen molar-refractivity contribution in [3.63, 3.8) is 0 Å². The molecule has 1 fully saturated rings. The van der Waals surface area contributed by atoms with E-state index in [1.54, 1.807) is 6.92 Å². The van der Waals surface area contributed by atoms with Gasteiger partial charge in [-0.05, 0) is 25.7 Å². The Hall–Kier alpha value is -1.32. The Balaban J connectivity index is 2.43. The number of aromatic nitrogens is 2. The van der Waals surface area contributed by atoms with Crippen molar-refractivity contribution in [1.82, 2.24) is 9.55 Å². The molecule has 1 aromatic rings. The van der Waals surface area contributed by atoms with Crippen LogP contribution in [0.3, 0.4) is 0 Å². The van der Waals surface area contributed by atoms with Crippen molar-refractivity contribution >= 4 is 0 Å². The lowest BCUT2D eigenvalue weighted by molar-refractivity contribution is 0.572. The van der Waals surface area contributed by atoms with Crippen LogP contribution >= 0.6 is 0 Å². The largest absolute Gasteiger partial charge is 0.328 e. The Morgan fingerprint density at radius 1 is 1.54 bits per heavy atom. The van der Waals surface area contributed by atoms with Crippen LogP contribution in [0.5, 0.6) is 0 Å². The highest BCUT2D eigenvalue weighted by atomic mass is 16.2. The smallest absolute Gasteiger partial charge is 0.311 e. The number of hydrogen-bond donors (Lipinski definition) is 1. The third-order valence-corrected chi connectivity index (χ3v) is 2.29. The summed E-state index contributed by atoms with van der Waals surface area (Å²) < 4.78 is 1.28. The Morgan fingerprint density at radius 3 is 2.77 bits per heavy atom. The highest BCUT2D eigenvalue weighted by molar-refractivity contribution is 4.96. The number of nitrogens with one attached hydrogen (secondary N) is 1. The zero-order valence-corrected chi connectivity index (χ0v) is 7.54. The minimum Gasteiger partial charge on any atom is -0.311 e. The van der Waals surface area contributed by atoms with Crippen molar-refractivity contribution in [2.24, 2.45) is 5.92 Å². The first-order valence-electron chi connectivity index (χ1n) is 4.47. The average Bonchev–Trinajstić information content (AvgIpc) is 2.79. The maximum absolute atomic E-state index is 11.4. The number of H-pyrrole nitrogens is 1. The van der Waals surface area contributed by atoms with E-state index in [9.17, 15) is 9.59 Å². The van der Waals surface area contributed by atoms with Crippen molar-refractivity contribution in [1.29, 1.82) is 0 Å². The van der Waals surface area contributed by atoms with E-state index in [4.69, 9.17) is 0 Å². The van der Waals surface area contributed by atoms with E-state index in [-0.39, 0.29) is 11.2 Å². The van der Waals surface area contributed by atoms with Gasteiger partial charge in [0.15, 0.2) is 0 Å². The topological polar surface area (TPSA) is 54.9 Å². The van der Waals surface area contributed by atoms with Crippen molar-refractivity contribution in [2.75, 3.05) is 0 Å². The predicted molar refractivity (Wildman–Crippen MR) is 48.8 cm³/mol. The molecule has 1 aliphatic carbocycles. The first-order chi connectivity index (χ1) is 6.16. The molecule has 0 unspecified atom stereocenters.